The van der Waals surface area contributed by atoms with E-state index >= 15 is 0 Å². The predicted octanol–water partition coefficient (Wildman–Crippen LogP) is 5.00. The fourth-order valence-corrected chi connectivity index (χ4v) is 2.86. The molecule has 0 aliphatic heterocycles. The number of carbonyl (C=O) groups is 1. The van der Waals surface area contributed by atoms with Crippen LogP contribution in [0.3, 0.4) is 0 Å². The van der Waals surface area contributed by atoms with Crippen molar-refractivity contribution >= 4 is 17.9 Å². The number of aryl methyl sites for hydroxylation is 1. The molecule has 0 radical (unpaired) electrons. The number of anilines is 1. The third-order valence-corrected chi connectivity index (χ3v) is 4.48. The Morgan fingerprint density at radius 3 is 2.59 bits per heavy atom. The molecule has 162 valence electrons. The number of nitriles is 1. The predicted molar refractivity (Wildman–Crippen MR) is 124 cm³/mol. The molecule has 0 aliphatic carbocycles. The van der Waals surface area contributed by atoms with Crippen molar-refractivity contribution in [2.75, 3.05) is 11.9 Å². The van der Waals surface area contributed by atoms with Crippen molar-refractivity contribution < 1.29 is 14.3 Å². The third kappa shape index (κ3) is 6.34. The smallest absolute Gasteiger partial charge is 0.339 e. The molecule has 3 aromatic rings. The summed E-state index contributed by atoms with van der Waals surface area (Å²) in [6.45, 7) is 4.57. The second-order valence-electron chi connectivity index (χ2n) is 6.89. The molecule has 0 atom stereocenters. The van der Waals surface area contributed by atoms with Crippen LogP contribution in [0.15, 0.2) is 71.8 Å². The minimum absolute atomic E-state index is 0.248. The van der Waals surface area contributed by atoms with Gasteiger partial charge in [0.25, 0.3) is 0 Å². The largest absolute Gasteiger partial charge is 0.490 e. The number of hydrogen-bond acceptors (Lipinski definition) is 5. The lowest BCUT2D eigenvalue weighted by molar-refractivity contribution is 0.252. The van der Waals surface area contributed by atoms with Gasteiger partial charge in [-0.15, -0.1) is 0 Å². The Labute approximate surface area is 187 Å². The van der Waals surface area contributed by atoms with Crippen molar-refractivity contribution in [3.8, 4) is 17.6 Å². The number of urea groups is 1. The maximum atomic E-state index is 12.0. The second kappa shape index (κ2) is 11.2. The van der Waals surface area contributed by atoms with Crippen molar-refractivity contribution in [3.63, 3.8) is 0 Å². The number of hydrogen-bond donors (Lipinski definition) is 2. The third-order valence-electron chi connectivity index (χ3n) is 4.48. The van der Waals surface area contributed by atoms with Crippen LogP contribution in [-0.4, -0.2) is 18.9 Å². The van der Waals surface area contributed by atoms with Crippen LogP contribution in [0.1, 0.15) is 29.2 Å². The molecule has 2 N–H and O–H groups in total. The number of ether oxygens (including phenoxy) is 2. The summed E-state index contributed by atoms with van der Waals surface area (Å²) < 4.78 is 11.6. The molecule has 0 spiro atoms. The van der Waals surface area contributed by atoms with Gasteiger partial charge in [0.15, 0.2) is 11.5 Å². The van der Waals surface area contributed by atoms with E-state index in [4.69, 9.17) is 9.47 Å². The van der Waals surface area contributed by atoms with E-state index in [0.717, 1.165) is 16.7 Å². The summed E-state index contributed by atoms with van der Waals surface area (Å²) in [5, 5.41) is 15.9. The Hall–Kier alpha value is -4.31. The first kappa shape index (κ1) is 22.4. The fraction of sp³-hybridized carbons (Fsp3) is 0.160. The molecule has 0 bridgehead atoms. The van der Waals surface area contributed by atoms with Gasteiger partial charge in [-0.3, -0.25) is 0 Å². The molecule has 0 heterocycles. The molecule has 2 amide bonds. The highest BCUT2D eigenvalue weighted by molar-refractivity contribution is 5.90. The highest BCUT2D eigenvalue weighted by Gasteiger charge is 2.08. The van der Waals surface area contributed by atoms with E-state index in [1.807, 2.05) is 56.3 Å². The van der Waals surface area contributed by atoms with Gasteiger partial charge < -0.3 is 14.8 Å². The van der Waals surface area contributed by atoms with Crippen molar-refractivity contribution in [2.24, 2.45) is 5.10 Å². The zero-order valence-electron chi connectivity index (χ0n) is 18.0. The molecule has 0 aliphatic rings. The molecule has 3 rings (SSSR count). The van der Waals surface area contributed by atoms with Crippen molar-refractivity contribution in [1.82, 2.24) is 5.43 Å². The average Bonchev–Trinajstić information content (AvgIpc) is 2.80. The van der Waals surface area contributed by atoms with E-state index < -0.39 is 6.03 Å². The SMILES string of the molecule is CCOc1cc(C=NNC(=O)Nc2ccc(C)cc2)ccc1OCc1ccccc1C#N. The first-order chi connectivity index (χ1) is 15.6. The Balaban J connectivity index is 1.62. The van der Waals surface area contributed by atoms with Crippen molar-refractivity contribution in [3.05, 3.63) is 89.0 Å². The number of carbonyl (C=O) groups excluding carboxylic acids is 1. The Kier molecular flexibility index (Phi) is 7.82. The van der Waals surface area contributed by atoms with Gasteiger partial charge in [0, 0.05) is 11.3 Å². The van der Waals surface area contributed by atoms with Crippen LogP contribution in [0, 0.1) is 18.3 Å². The second-order valence-corrected chi connectivity index (χ2v) is 6.89. The van der Waals surface area contributed by atoms with Gasteiger partial charge in [-0.1, -0.05) is 35.9 Å². The van der Waals surface area contributed by atoms with Crippen LogP contribution in [0.2, 0.25) is 0 Å². The summed E-state index contributed by atoms with van der Waals surface area (Å²) in [6, 6.07) is 21.8. The lowest BCUT2D eigenvalue weighted by atomic mass is 10.1. The van der Waals surface area contributed by atoms with E-state index in [1.165, 1.54) is 6.21 Å². The van der Waals surface area contributed by atoms with Gasteiger partial charge in [-0.05, 0) is 55.8 Å². The minimum atomic E-state index is -0.439. The highest BCUT2D eigenvalue weighted by atomic mass is 16.5. The van der Waals surface area contributed by atoms with E-state index in [1.54, 1.807) is 24.3 Å². The zero-order chi connectivity index (χ0) is 22.8. The van der Waals surface area contributed by atoms with Crippen LogP contribution < -0.4 is 20.2 Å². The number of rotatable bonds is 8. The number of amides is 2. The molecule has 3 aromatic carbocycles. The van der Waals surface area contributed by atoms with E-state index in [-0.39, 0.29) is 6.61 Å². The summed E-state index contributed by atoms with van der Waals surface area (Å²) in [5.41, 5.74) is 6.33. The van der Waals surface area contributed by atoms with Crippen LogP contribution >= 0.6 is 0 Å². The van der Waals surface area contributed by atoms with Crippen LogP contribution in [0.4, 0.5) is 10.5 Å². The highest BCUT2D eigenvalue weighted by Crippen LogP contribution is 2.29. The summed E-state index contributed by atoms with van der Waals surface area (Å²) in [5.74, 6) is 1.11. The Morgan fingerprint density at radius 2 is 1.84 bits per heavy atom. The summed E-state index contributed by atoms with van der Waals surface area (Å²) in [6.07, 6.45) is 1.52. The molecular formula is C25H24N4O3. The van der Waals surface area contributed by atoms with Gasteiger partial charge in [0.1, 0.15) is 6.61 Å². The van der Waals surface area contributed by atoms with Gasteiger partial charge in [0.05, 0.1) is 24.5 Å². The number of hydrazone groups is 1. The summed E-state index contributed by atoms with van der Waals surface area (Å²) in [4.78, 5) is 12.0. The molecule has 0 saturated carbocycles. The van der Waals surface area contributed by atoms with Gasteiger partial charge in [-0.25, -0.2) is 10.2 Å². The monoisotopic (exact) mass is 428 g/mol. The summed E-state index contributed by atoms with van der Waals surface area (Å²) in [7, 11) is 0. The minimum Gasteiger partial charge on any atom is -0.490 e. The normalized spacial score (nSPS) is 10.4. The lowest BCUT2D eigenvalue weighted by Gasteiger charge is -2.13. The van der Waals surface area contributed by atoms with Crippen molar-refractivity contribution in [2.45, 2.75) is 20.5 Å². The van der Waals surface area contributed by atoms with Gasteiger partial charge >= 0.3 is 6.03 Å². The molecule has 0 aromatic heterocycles. The number of nitrogens with one attached hydrogen (secondary N) is 2. The number of nitrogens with zero attached hydrogens (tertiary/aromatic N) is 2. The molecule has 32 heavy (non-hydrogen) atoms. The fourth-order valence-electron chi connectivity index (χ4n) is 2.86. The van der Waals surface area contributed by atoms with Crippen LogP contribution in [0.5, 0.6) is 11.5 Å². The van der Waals surface area contributed by atoms with Crippen LogP contribution in [0.25, 0.3) is 0 Å². The molecule has 0 fully saturated rings. The molecular weight excluding hydrogens is 404 g/mol. The Morgan fingerprint density at radius 1 is 1.06 bits per heavy atom. The first-order valence-corrected chi connectivity index (χ1v) is 10.1. The van der Waals surface area contributed by atoms with Crippen molar-refractivity contribution in [1.29, 1.82) is 5.26 Å². The molecule has 0 saturated heterocycles. The van der Waals surface area contributed by atoms with Gasteiger partial charge in [0.2, 0.25) is 0 Å². The number of benzene rings is 3. The maximum Gasteiger partial charge on any atom is 0.339 e. The molecule has 7 heteroatoms. The maximum absolute atomic E-state index is 12.0. The van der Waals surface area contributed by atoms with Crippen LogP contribution in [-0.2, 0) is 6.61 Å². The van der Waals surface area contributed by atoms with E-state index in [2.05, 4.69) is 21.9 Å². The van der Waals surface area contributed by atoms with E-state index in [9.17, 15) is 10.1 Å². The zero-order valence-corrected chi connectivity index (χ0v) is 18.0. The van der Waals surface area contributed by atoms with Gasteiger partial charge in [-0.2, -0.15) is 10.4 Å². The molecule has 0 unspecified atom stereocenters. The summed E-state index contributed by atoms with van der Waals surface area (Å²) >= 11 is 0. The Bertz CT molecular complexity index is 1130. The molecule has 7 nitrogen and oxygen atoms in total. The topological polar surface area (TPSA) is 95.7 Å². The lowest BCUT2D eigenvalue weighted by Crippen LogP contribution is -2.24. The average molecular weight is 428 g/mol. The standard InChI is InChI=1S/C25H24N4O3/c1-3-31-24-14-19(16-27-29-25(30)28-22-11-8-18(2)9-12-22)10-13-23(24)32-17-21-7-5-4-6-20(21)15-26/h4-14,16H,3,17H2,1-2H3,(H2,28,29,30). The van der Waals surface area contributed by atoms with E-state index in [0.29, 0.717) is 29.4 Å². The first-order valence-electron chi connectivity index (χ1n) is 10.1. The quantitative estimate of drug-likeness (QED) is 0.390.